The highest BCUT2D eigenvalue weighted by Gasteiger charge is 2.17. The van der Waals surface area contributed by atoms with Crippen molar-refractivity contribution in [2.24, 2.45) is 0 Å². The van der Waals surface area contributed by atoms with E-state index in [-0.39, 0.29) is 5.56 Å². The van der Waals surface area contributed by atoms with Gasteiger partial charge in [0.05, 0.1) is 19.2 Å². The monoisotopic (exact) mass is 515 g/mol. The maximum atomic E-state index is 13.1. The van der Waals surface area contributed by atoms with Gasteiger partial charge >= 0.3 is 0 Å². The van der Waals surface area contributed by atoms with Crippen LogP contribution in [0.4, 0.5) is 5.69 Å². The molecule has 1 aliphatic rings. The molecule has 0 saturated heterocycles. The molecule has 0 saturated carbocycles. The molecule has 7 nitrogen and oxygen atoms in total. The molecule has 5 rings (SSSR count). The lowest BCUT2D eigenvalue weighted by Gasteiger charge is -2.26. The number of fused-ring (bicyclic) bond motifs is 2. The number of hydrogen-bond donors (Lipinski definition) is 2. The first-order valence-electron chi connectivity index (χ1n) is 12.2. The van der Waals surface area contributed by atoms with Gasteiger partial charge in [-0.1, -0.05) is 29.8 Å². The number of anilines is 1. The number of methoxy groups -OCH3 is 1. The largest absolute Gasteiger partial charge is 0.497 e. The van der Waals surface area contributed by atoms with Crippen LogP contribution in [0, 0.1) is 6.92 Å². The summed E-state index contributed by atoms with van der Waals surface area (Å²) in [6.07, 6.45) is 0.788. The molecule has 0 aliphatic carbocycles. The Bertz CT molecular complexity index is 1480. The van der Waals surface area contributed by atoms with E-state index in [9.17, 15) is 4.79 Å². The first-order valence-corrected chi connectivity index (χ1v) is 12.6. The molecule has 0 spiro atoms. The van der Waals surface area contributed by atoms with E-state index in [2.05, 4.69) is 41.5 Å². The maximum Gasteiger partial charge on any atom is 0.253 e. The van der Waals surface area contributed by atoms with E-state index in [1.165, 1.54) is 11.1 Å². The molecular formula is C29H29N3O4S. The summed E-state index contributed by atoms with van der Waals surface area (Å²) in [5, 5.41) is 4.73. The van der Waals surface area contributed by atoms with E-state index in [0.29, 0.717) is 54.0 Å². The van der Waals surface area contributed by atoms with Gasteiger partial charge in [0.25, 0.3) is 5.56 Å². The van der Waals surface area contributed by atoms with Gasteiger partial charge in [-0.05, 0) is 67.5 Å². The summed E-state index contributed by atoms with van der Waals surface area (Å²) in [6.45, 7) is 4.08. The number of hydrogen-bond acceptors (Lipinski definition) is 5. The van der Waals surface area contributed by atoms with Crippen LogP contribution in [0.2, 0.25) is 0 Å². The zero-order valence-corrected chi connectivity index (χ0v) is 21.7. The van der Waals surface area contributed by atoms with Gasteiger partial charge in [-0.3, -0.25) is 4.79 Å². The van der Waals surface area contributed by atoms with Crippen LogP contribution >= 0.6 is 12.2 Å². The van der Waals surface area contributed by atoms with E-state index >= 15 is 0 Å². The summed E-state index contributed by atoms with van der Waals surface area (Å²) < 4.78 is 16.7. The standard InChI is InChI=1S/C29H29N3O4S/c1-19-4-3-5-20(14-19)10-11-32(29(37)30-23-6-8-24(34-2)9-7-23)18-22-15-21-16-26-27(36-13-12-35-26)17-25(21)31-28(22)33/h3-9,14-17H,10-13,18H2,1-2H3,(H,30,37)(H,31,33). The van der Waals surface area contributed by atoms with Gasteiger partial charge in [-0.15, -0.1) is 0 Å². The molecule has 2 heterocycles. The Balaban J connectivity index is 1.41. The van der Waals surface area contributed by atoms with E-state index in [1.54, 1.807) is 7.11 Å². The van der Waals surface area contributed by atoms with Crippen molar-refractivity contribution in [1.82, 2.24) is 9.88 Å². The van der Waals surface area contributed by atoms with Gasteiger partial charge in [0.2, 0.25) is 0 Å². The van der Waals surface area contributed by atoms with Crippen molar-refractivity contribution in [3.63, 3.8) is 0 Å². The van der Waals surface area contributed by atoms with Gasteiger partial charge in [0.1, 0.15) is 19.0 Å². The summed E-state index contributed by atoms with van der Waals surface area (Å²) in [7, 11) is 1.64. The second kappa shape index (κ2) is 10.9. The Morgan fingerprint density at radius 2 is 1.81 bits per heavy atom. The predicted molar refractivity (Wildman–Crippen MR) is 150 cm³/mol. The lowest BCUT2D eigenvalue weighted by atomic mass is 10.1. The molecular weight excluding hydrogens is 486 g/mol. The van der Waals surface area contributed by atoms with Crippen LogP contribution in [-0.4, -0.2) is 41.9 Å². The fourth-order valence-corrected chi connectivity index (χ4v) is 4.65. The summed E-state index contributed by atoms with van der Waals surface area (Å²) in [5.74, 6) is 2.10. The van der Waals surface area contributed by atoms with Crippen LogP contribution in [0.15, 0.2) is 71.5 Å². The molecule has 1 aliphatic heterocycles. The zero-order chi connectivity index (χ0) is 25.8. The fourth-order valence-electron chi connectivity index (χ4n) is 4.37. The molecule has 37 heavy (non-hydrogen) atoms. The Labute approximate surface area is 221 Å². The number of aromatic amines is 1. The van der Waals surface area contributed by atoms with Gasteiger partial charge in [0.15, 0.2) is 16.6 Å². The smallest absolute Gasteiger partial charge is 0.253 e. The normalized spacial score (nSPS) is 12.3. The summed E-state index contributed by atoms with van der Waals surface area (Å²) in [6, 6.07) is 21.6. The van der Waals surface area contributed by atoms with Crippen LogP contribution < -0.4 is 25.1 Å². The van der Waals surface area contributed by atoms with Crippen molar-refractivity contribution in [1.29, 1.82) is 0 Å². The van der Waals surface area contributed by atoms with E-state index in [4.69, 9.17) is 26.4 Å². The van der Waals surface area contributed by atoms with Crippen molar-refractivity contribution < 1.29 is 14.2 Å². The Kier molecular flexibility index (Phi) is 7.28. The first-order chi connectivity index (χ1) is 18.0. The van der Waals surface area contributed by atoms with Crippen LogP contribution in [0.3, 0.4) is 0 Å². The Hall–Kier alpha value is -4.04. The molecule has 2 N–H and O–H groups in total. The van der Waals surface area contributed by atoms with Crippen LogP contribution in [0.25, 0.3) is 10.9 Å². The Morgan fingerprint density at radius 3 is 2.54 bits per heavy atom. The quantitative estimate of drug-likeness (QED) is 0.333. The number of thiocarbonyl (C=S) groups is 1. The topological polar surface area (TPSA) is 75.8 Å². The highest BCUT2D eigenvalue weighted by molar-refractivity contribution is 7.80. The molecule has 4 aromatic rings. The second-order valence-electron chi connectivity index (χ2n) is 9.03. The summed E-state index contributed by atoms with van der Waals surface area (Å²) in [5.41, 5.74) is 4.45. The zero-order valence-electron chi connectivity index (χ0n) is 20.9. The number of H-pyrrole nitrogens is 1. The number of pyridine rings is 1. The SMILES string of the molecule is COc1ccc(NC(=S)N(CCc2cccc(C)c2)Cc2cc3cc4c(cc3[nH]c2=O)OCCO4)cc1. The van der Waals surface area contributed by atoms with Gasteiger partial charge < -0.3 is 29.4 Å². The van der Waals surface area contributed by atoms with E-state index < -0.39 is 0 Å². The van der Waals surface area contributed by atoms with Gasteiger partial charge in [-0.25, -0.2) is 0 Å². The maximum absolute atomic E-state index is 13.1. The third-order valence-corrected chi connectivity index (χ3v) is 6.69. The molecule has 8 heteroatoms. The van der Waals surface area contributed by atoms with Crippen LogP contribution in [0.1, 0.15) is 16.7 Å². The lowest BCUT2D eigenvalue weighted by Crippen LogP contribution is -2.37. The number of aromatic nitrogens is 1. The van der Waals surface area contributed by atoms with Crippen LogP contribution in [-0.2, 0) is 13.0 Å². The van der Waals surface area contributed by atoms with Crippen molar-refractivity contribution in [2.45, 2.75) is 19.9 Å². The number of nitrogens with zero attached hydrogens (tertiary/aromatic N) is 1. The molecule has 0 atom stereocenters. The van der Waals surface area contributed by atoms with Gasteiger partial charge in [0, 0.05) is 29.2 Å². The molecule has 0 amide bonds. The molecule has 0 unspecified atom stereocenters. The van der Waals surface area contributed by atoms with Crippen molar-refractivity contribution in [2.75, 3.05) is 32.2 Å². The highest BCUT2D eigenvalue weighted by Crippen LogP contribution is 2.33. The lowest BCUT2D eigenvalue weighted by molar-refractivity contribution is 0.172. The van der Waals surface area contributed by atoms with Crippen molar-refractivity contribution in [3.05, 3.63) is 93.8 Å². The third-order valence-electron chi connectivity index (χ3n) is 6.33. The molecule has 0 fully saturated rings. The number of benzene rings is 3. The van der Waals surface area contributed by atoms with Crippen molar-refractivity contribution in [3.8, 4) is 17.2 Å². The molecule has 3 aromatic carbocycles. The highest BCUT2D eigenvalue weighted by atomic mass is 32.1. The fraction of sp³-hybridized carbons (Fsp3) is 0.241. The minimum atomic E-state index is -0.156. The van der Waals surface area contributed by atoms with Crippen LogP contribution in [0.5, 0.6) is 17.2 Å². The minimum Gasteiger partial charge on any atom is -0.497 e. The molecule has 190 valence electrons. The van der Waals surface area contributed by atoms with Crippen molar-refractivity contribution >= 4 is 33.9 Å². The number of rotatable bonds is 7. The Morgan fingerprint density at radius 1 is 1.05 bits per heavy atom. The third kappa shape index (κ3) is 5.86. The molecule has 0 bridgehead atoms. The number of nitrogens with one attached hydrogen (secondary N) is 2. The summed E-state index contributed by atoms with van der Waals surface area (Å²) in [4.78, 5) is 18.1. The number of aryl methyl sites for hydroxylation is 1. The molecule has 0 radical (unpaired) electrons. The summed E-state index contributed by atoms with van der Waals surface area (Å²) >= 11 is 5.81. The average Bonchev–Trinajstić information content (AvgIpc) is 2.90. The predicted octanol–water partition coefficient (Wildman–Crippen LogP) is 5.06. The average molecular weight is 516 g/mol. The van der Waals surface area contributed by atoms with E-state index in [1.807, 2.05) is 47.4 Å². The van der Waals surface area contributed by atoms with E-state index in [0.717, 1.165) is 23.2 Å². The first kappa shape index (κ1) is 24.6. The second-order valence-corrected chi connectivity index (χ2v) is 9.41. The number of ether oxygens (including phenoxy) is 3. The van der Waals surface area contributed by atoms with Gasteiger partial charge in [-0.2, -0.15) is 0 Å². The minimum absolute atomic E-state index is 0.156. The molecule has 1 aromatic heterocycles.